The van der Waals surface area contributed by atoms with E-state index in [9.17, 15) is 13.2 Å². The van der Waals surface area contributed by atoms with E-state index in [1.807, 2.05) is 0 Å². The molecule has 1 aliphatic carbocycles. The summed E-state index contributed by atoms with van der Waals surface area (Å²) in [6, 6.07) is 6.47. The molecule has 0 aromatic heterocycles. The van der Waals surface area contributed by atoms with E-state index in [0.717, 1.165) is 42.0 Å². The zero-order valence-electron chi connectivity index (χ0n) is 13.3. The fourth-order valence-electron chi connectivity index (χ4n) is 2.35. The van der Waals surface area contributed by atoms with Crippen LogP contribution in [-0.4, -0.2) is 39.9 Å². The molecule has 126 valence electrons. The molecule has 1 amide bonds. The summed E-state index contributed by atoms with van der Waals surface area (Å²) in [4.78, 5) is 12.0. The van der Waals surface area contributed by atoms with Crippen molar-refractivity contribution >= 4 is 27.3 Å². The first kappa shape index (κ1) is 17.3. The Balaban J connectivity index is 2.09. The number of hydrogen-bond donors (Lipinski definition) is 1. The number of nitrogens with zero attached hydrogens (tertiary/aromatic N) is 2. The fourth-order valence-corrected chi connectivity index (χ4v) is 3.21. The van der Waals surface area contributed by atoms with Crippen LogP contribution in [0.3, 0.4) is 0 Å². The molecule has 1 aromatic carbocycles. The molecule has 0 aliphatic heterocycles. The van der Waals surface area contributed by atoms with Crippen molar-refractivity contribution in [1.82, 2.24) is 5.43 Å². The van der Waals surface area contributed by atoms with Crippen molar-refractivity contribution in [3.63, 3.8) is 0 Å². The Morgan fingerprint density at radius 2 is 1.87 bits per heavy atom. The van der Waals surface area contributed by atoms with E-state index in [1.54, 1.807) is 24.3 Å². The van der Waals surface area contributed by atoms with Crippen molar-refractivity contribution in [3.05, 3.63) is 24.3 Å². The maximum absolute atomic E-state index is 12.0. The van der Waals surface area contributed by atoms with Crippen LogP contribution in [0.25, 0.3) is 0 Å². The molecule has 1 N–H and O–H groups in total. The minimum atomic E-state index is -3.59. The second-order valence-electron chi connectivity index (χ2n) is 5.39. The number of benzene rings is 1. The number of hydrogen-bond acceptors (Lipinski definition) is 5. The number of amides is 1. The van der Waals surface area contributed by atoms with Gasteiger partial charge in [0.15, 0.2) is 0 Å². The van der Waals surface area contributed by atoms with Gasteiger partial charge in [-0.1, -0.05) is 0 Å². The van der Waals surface area contributed by atoms with Crippen LogP contribution < -0.4 is 14.5 Å². The highest BCUT2D eigenvalue weighted by atomic mass is 32.2. The molecule has 2 rings (SSSR count). The number of rotatable bonds is 6. The van der Waals surface area contributed by atoms with Gasteiger partial charge in [-0.2, -0.15) is 5.10 Å². The molecule has 0 radical (unpaired) electrons. The lowest BCUT2D eigenvalue weighted by Crippen LogP contribution is -2.39. The Morgan fingerprint density at radius 1 is 1.26 bits per heavy atom. The quantitative estimate of drug-likeness (QED) is 0.796. The van der Waals surface area contributed by atoms with Gasteiger partial charge in [0, 0.05) is 5.71 Å². The van der Waals surface area contributed by atoms with Crippen LogP contribution in [0.5, 0.6) is 5.75 Å². The Bertz CT molecular complexity index is 675. The van der Waals surface area contributed by atoms with E-state index in [4.69, 9.17) is 4.74 Å². The predicted octanol–water partition coefficient (Wildman–Crippen LogP) is 1.51. The molecule has 0 bridgehead atoms. The van der Waals surface area contributed by atoms with E-state index in [-0.39, 0.29) is 6.54 Å². The Labute approximate surface area is 136 Å². The van der Waals surface area contributed by atoms with Gasteiger partial charge in [0.1, 0.15) is 12.3 Å². The fraction of sp³-hybridized carbons (Fsp3) is 0.467. The van der Waals surface area contributed by atoms with Crippen LogP contribution >= 0.6 is 0 Å². The minimum Gasteiger partial charge on any atom is -0.497 e. The number of carbonyl (C=O) groups excluding carboxylic acids is 1. The zero-order valence-corrected chi connectivity index (χ0v) is 14.1. The third-order valence-electron chi connectivity index (χ3n) is 3.57. The summed E-state index contributed by atoms with van der Waals surface area (Å²) < 4.78 is 30.0. The van der Waals surface area contributed by atoms with E-state index in [1.165, 1.54) is 7.11 Å². The first-order valence-electron chi connectivity index (χ1n) is 7.36. The highest BCUT2D eigenvalue weighted by Crippen LogP contribution is 2.21. The molecular formula is C15H21N3O4S. The largest absolute Gasteiger partial charge is 0.497 e. The van der Waals surface area contributed by atoms with Crippen molar-refractivity contribution in [1.29, 1.82) is 0 Å². The van der Waals surface area contributed by atoms with Gasteiger partial charge in [0.2, 0.25) is 10.0 Å². The van der Waals surface area contributed by atoms with Gasteiger partial charge in [0.05, 0.1) is 19.1 Å². The van der Waals surface area contributed by atoms with Gasteiger partial charge in [-0.15, -0.1) is 0 Å². The average Bonchev–Trinajstić information content (AvgIpc) is 3.03. The molecule has 1 fully saturated rings. The number of methoxy groups -OCH3 is 1. The second kappa shape index (κ2) is 7.45. The minimum absolute atomic E-state index is 0.318. The van der Waals surface area contributed by atoms with Crippen LogP contribution in [0, 0.1) is 0 Å². The van der Waals surface area contributed by atoms with Crippen LogP contribution in [0.15, 0.2) is 29.4 Å². The van der Waals surface area contributed by atoms with Crippen molar-refractivity contribution in [2.75, 3.05) is 24.2 Å². The molecule has 0 unspecified atom stereocenters. The van der Waals surface area contributed by atoms with Crippen molar-refractivity contribution < 1.29 is 17.9 Å². The van der Waals surface area contributed by atoms with Crippen LogP contribution in [0.4, 0.5) is 5.69 Å². The first-order valence-corrected chi connectivity index (χ1v) is 9.21. The average molecular weight is 339 g/mol. The molecular weight excluding hydrogens is 318 g/mol. The summed E-state index contributed by atoms with van der Waals surface area (Å²) in [7, 11) is -2.06. The number of ether oxygens (including phenoxy) is 1. The third kappa shape index (κ3) is 4.95. The maximum atomic E-state index is 12.0. The molecule has 0 heterocycles. The van der Waals surface area contributed by atoms with Crippen molar-refractivity contribution in [2.45, 2.75) is 25.7 Å². The Kier molecular flexibility index (Phi) is 5.59. The molecule has 7 nitrogen and oxygen atoms in total. The van der Waals surface area contributed by atoms with Gasteiger partial charge < -0.3 is 4.74 Å². The topological polar surface area (TPSA) is 88.1 Å². The van der Waals surface area contributed by atoms with Gasteiger partial charge in [0.25, 0.3) is 5.91 Å². The number of nitrogens with one attached hydrogen (secondary N) is 1. The zero-order chi connectivity index (χ0) is 16.9. The smallest absolute Gasteiger partial charge is 0.260 e. The van der Waals surface area contributed by atoms with Gasteiger partial charge >= 0.3 is 0 Å². The van der Waals surface area contributed by atoms with E-state index >= 15 is 0 Å². The number of anilines is 1. The third-order valence-corrected chi connectivity index (χ3v) is 4.71. The summed E-state index contributed by atoms with van der Waals surface area (Å²) >= 11 is 0. The van der Waals surface area contributed by atoms with E-state index in [2.05, 4.69) is 10.5 Å². The van der Waals surface area contributed by atoms with E-state index in [0.29, 0.717) is 11.4 Å². The molecule has 8 heteroatoms. The Morgan fingerprint density at radius 3 is 2.39 bits per heavy atom. The van der Waals surface area contributed by atoms with Crippen LogP contribution in [-0.2, 0) is 14.8 Å². The molecule has 1 aromatic rings. The molecule has 1 aliphatic rings. The number of hydrazone groups is 1. The van der Waals surface area contributed by atoms with Gasteiger partial charge in [-0.05, 0) is 49.9 Å². The molecule has 23 heavy (non-hydrogen) atoms. The second-order valence-corrected chi connectivity index (χ2v) is 7.29. The normalized spacial score (nSPS) is 14.4. The van der Waals surface area contributed by atoms with Crippen molar-refractivity contribution in [2.24, 2.45) is 5.10 Å². The lowest BCUT2D eigenvalue weighted by molar-refractivity contribution is -0.119. The van der Waals surface area contributed by atoms with Gasteiger partial charge in [-0.25, -0.2) is 13.8 Å². The highest BCUT2D eigenvalue weighted by molar-refractivity contribution is 7.92. The Hall–Kier alpha value is -2.09. The summed E-state index contributed by atoms with van der Waals surface area (Å²) in [5.41, 5.74) is 3.79. The molecule has 0 atom stereocenters. The van der Waals surface area contributed by atoms with Gasteiger partial charge in [-0.3, -0.25) is 9.10 Å². The highest BCUT2D eigenvalue weighted by Gasteiger charge is 2.21. The van der Waals surface area contributed by atoms with E-state index < -0.39 is 15.9 Å². The SMILES string of the molecule is COc1ccc(N(CC(=O)NN=C2CCCC2)S(C)(=O)=O)cc1. The first-order chi connectivity index (χ1) is 10.9. The number of sulfonamides is 1. The molecule has 1 saturated carbocycles. The van der Waals surface area contributed by atoms with Crippen LogP contribution in [0.1, 0.15) is 25.7 Å². The van der Waals surface area contributed by atoms with Crippen LogP contribution in [0.2, 0.25) is 0 Å². The molecule has 0 spiro atoms. The molecule has 0 saturated heterocycles. The predicted molar refractivity (Wildman–Crippen MR) is 89.2 cm³/mol. The lowest BCUT2D eigenvalue weighted by atomic mass is 10.3. The summed E-state index contributed by atoms with van der Waals surface area (Å²) in [6.07, 6.45) is 4.99. The monoisotopic (exact) mass is 339 g/mol. The lowest BCUT2D eigenvalue weighted by Gasteiger charge is -2.21. The number of carbonyl (C=O) groups is 1. The summed E-state index contributed by atoms with van der Waals surface area (Å²) in [6.45, 7) is -0.318. The summed E-state index contributed by atoms with van der Waals surface area (Å²) in [5.74, 6) is 0.143. The maximum Gasteiger partial charge on any atom is 0.260 e. The standard InChI is InChI=1S/C15H21N3O4S/c1-22-14-9-7-13(8-10-14)18(23(2,20)21)11-15(19)17-16-12-5-3-4-6-12/h7-10H,3-6,11H2,1-2H3,(H,17,19). The summed E-state index contributed by atoms with van der Waals surface area (Å²) in [5, 5.41) is 4.05. The van der Waals surface area contributed by atoms with Crippen molar-refractivity contribution in [3.8, 4) is 5.75 Å².